The van der Waals surface area contributed by atoms with Gasteiger partial charge in [0.25, 0.3) is 0 Å². The summed E-state index contributed by atoms with van der Waals surface area (Å²) in [6.45, 7) is 9.90. The lowest BCUT2D eigenvalue weighted by Gasteiger charge is -2.33. The first-order valence-electron chi connectivity index (χ1n) is 9.29. The van der Waals surface area contributed by atoms with Gasteiger partial charge in [-0.3, -0.25) is 4.79 Å². The van der Waals surface area contributed by atoms with Crippen LogP contribution < -0.4 is 10.2 Å². The van der Waals surface area contributed by atoms with Crippen LogP contribution in [0.2, 0.25) is 0 Å². The molecule has 0 bridgehead atoms. The van der Waals surface area contributed by atoms with Crippen LogP contribution in [0.1, 0.15) is 39.3 Å². The van der Waals surface area contributed by atoms with Crippen LogP contribution in [0.25, 0.3) is 0 Å². The summed E-state index contributed by atoms with van der Waals surface area (Å²) in [6.07, 6.45) is 4.31. The number of aryl methyl sites for hydroxylation is 1. The SMILES string of the molecule is CCc1cc(N2CCC(C(=O)NCC(C)(C)CN(C)C)CC2)ncn1. The van der Waals surface area contributed by atoms with Gasteiger partial charge in [-0.05, 0) is 38.8 Å². The fourth-order valence-electron chi connectivity index (χ4n) is 3.51. The van der Waals surface area contributed by atoms with Crippen LogP contribution in [0.15, 0.2) is 12.4 Å². The lowest BCUT2D eigenvalue weighted by Crippen LogP contribution is -2.45. The summed E-state index contributed by atoms with van der Waals surface area (Å²) in [6, 6.07) is 2.06. The zero-order valence-corrected chi connectivity index (χ0v) is 16.4. The molecule has 0 aromatic carbocycles. The van der Waals surface area contributed by atoms with Gasteiger partial charge in [-0.15, -0.1) is 0 Å². The van der Waals surface area contributed by atoms with E-state index in [9.17, 15) is 4.79 Å². The summed E-state index contributed by atoms with van der Waals surface area (Å²) in [7, 11) is 4.13. The number of rotatable bonds is 7. The number of carbonyl (C=O) groups is 1. The quantitative estimate of drug-likeness (QED) is 0.817. The van der Waals surface area contributed by atoms with E-state index in [0.29, 0.717) is 0 Å². The molecule has 1 N–H and O–H groups in total. The molecule has 2 heterocycles. The molecule has 25 heavy (non-hydrogen) atoms. The highest BCUT2D eigenvalue weighted by Crippen LogP contribution is 2.23. The van der Waals surface area contributed by atoms with Gasteiger partial charge in [0.1, 0.15) is 12.1 Å². The lowest BCUT2D eigenvalue weighted by molar-refractivity contribution is -0.126. The third-order valence-corrected chi connectivity index (χ3v) is 4.75. The summed E-state index contributed by atoms with van der Waals surface area (Å²) in [5, 5.41) is 3.16. The molecular weight excluding hydrogens is 314 g/mol. The van der Waals surface area contributed by atoms with Crippen molar-refractivity contribution in [3.8, 4) is 0 Å². The number of piperidine rings is 1. The number of nitrogens with zero attached hydrogens (tertiary/aromatic N) is 4. The van der Waals surface area contributed by atoms with Gasteiger partial charge in [0.2, 0.25) is 5.91 Å². The molecular formula is C19H33N5O. The van der Waals surface area contributed by atoms with Crippen LogP contribution in [0.5, 0.6) is 0 Å². The number of hydrogen-bond acceptors (Lipinski definition) is 5. The van der Waals surface area contributed by atoms with Gasteiger partial charge in [-0.2, -0.15) is 0 Å². The molecule has 1 aromatic rings. The second-order valence-corrected chi connectivity index (χ2v) is 8.10. The standard InChI is InChI=1S/C19H33N5O/c1-6-16-11-17(22-14-21-16)24-9-7-15(8-10-24)18(25)20-12-19(2,3)13-23(4)5/h11,14-15H,6-10,12-13H2,1-5H3,(H,20,25). The molecule has 0 aliphatic carbocycles. The summed E-state index contributed by atoms with van der Waals surface area (Å²) in [4.78, 5) is 25.6. The number of nitrogens with one attached hydrogen (secondary N) is 1. The van der Waals surface area contributed by atoms with Gasteiger partial charge in [0.15, 0.2) is 0 Å². The van der Waals surface area contributed by atoms with Gasteiger partial charge in [-0.1, -0.05) is 20.8 Å². The molecule has 1 amide bonds. The molecule has 2 rings (SSSR count). The van der Waals surface area contributed by atoms with E-state index in [0.717, 1.165) is 57.0 Å². The van der Waals surface area contributed by atoms with Crippen molar-refractivity contribution < 1.29 is 4.79 Å². The molecule has 0 radical (unpaired) electrons. The second-order valence-electron chi connectivity index (χ2n) is 8.10. The Morgan fingerprint density at radius 2 is 2.00 bits per heavy atom. The monoisotopic (exact) mass is 347 g/mol. The number of carbonyl (C=O) groups excluding carboxylic acids is 1. The van der Waals surface area contributed by atoms with Crippen LogP contribution in [0.4, 0.5) is 5.82 Å². The van der Waals surface area contributed by atoms with Crippen molar-refractivity contribution in [2.75, 3.05) is 45.2 Å². The Kier molecular flexibility index (Phi) is 6.76. The number of anilines is 1. The zero-order chi connectivity index (χ0) is 18.4. The molecule has 6 heteroatoms. The highest BCUT2D eigenvalue weighted by molar-refractivity contribution is 5.79. The number of aromatic nitrogens is 2. The van der Waals surface area contributed by atoms with Crippen LogP contribution in [-0.4, -0.2) is 61.0 Å². The fourth-order valence-corrected chi connectivity index (χ4v) is 3.51. The van der Waals surface area contributed by atoms with E-state index >= 15 is 0 Å². The summed E-state index contributed by atoms with van der Waals surface area (Å²) in [5.41, 5.74) is 1.14. The maximum absolute atomic E-state index is 12.5. The third-order valence-electron chi connectivity index (χ3n) is 4.75. The molecule has 0 spiro atoms. The molecule has 1 aliphatic rings. The number of amides is 1. The molecule has 0 atom stereocenters. The van der Waals surface area contributed by atoms with Gasteiger partial charge < -0.3 is 15.1 Å². The molecule has 140 valence electrons. The van der Waals surface area contributed by atoms with Crippen molar-refractivity contribution in [3.05, 3.63) is 18.1 Å². The van der Waals surface area contributed by atoms with E-state index in [1.807, 2.05) is 0 Å². The highest BCUT2D eigenvalue weighted by atomic mass is 16.1. The highest BCUT2D eigenvalue weighted by Gasteiger charge is 2.27. The minimum absolute atomic E-state index is 0.0807. The molecule has 0 unspecified atom stereocenters. The molecule has 1 aromatic heterocycles. The van der Waals surface area contributed by atoms with Gasteiger partial charge in [-0.25, -0.2) is 9.97 Å². The maximum atomic E-state index is 12.5. The topological polar surface area (TPSA) is 61.4 Å². The van der Waals surface area contributed by atoms with Crippen molar-refractivity contribution in [1.82, 2.24) is 20.2 Å². The van der Waals surface area contributed by atoms with E-state index in [-0.39, 0.29) is 17.2 Å². The normalized spacial score (nSPS) is 16.3. The Morgan fingerprint density at radius 3 is 2.60 bits per heavy atom. The largest absolute Gasteiger partial charge is 0.356 e. The van der Waals surface area contributed by atoms with Crippen molar-refractivity contribution >= 4 is 11.7 Å². The van der Waals surface area contributed by atoms with E-state index in [1.54, 1.807) is 6.33 Å². The first-order chi connectivity index (χ1) is 11.8. The molecule has 6 nitrogen and oxygen atoms in total. The minimum Gasteiger partial charge on any atom is -0.356 e. The Labute approximate surface area is 152 Å². The first-order valence-corrected chi connectivity index (χ1v) is 9.29. The first kappa shape index (κ1) is 19.6. The van der Waals surface area contributed by atoms with E-state index in [2.05, 4.69) is 66.0 Å². The van der Waals surface area contributed by atoms with Crippen molar-refractivity contribution in [2.45, 2.75) is 40.0 Å². The molecule has 1 aliphatic heterocycles. The van der Waals surface area contributed by atoms with Gasteiger partial charge >= 0.3 is 0 Å². The van der Waals surface area contributed by atoms with Crippen LogP contribution in [0, 0.1) is 11.3 Å². The minimum atomic E-state index is 0.0807. The van der Waals surface area contributed by atoms with Crippen molar-refractivity contribution in [3.63, 3.8) is 0 Å². The summed E-state index contributed by atoms with van der Waals surface area (Å²) < 4.78 is 0. The van der Waals surface area contributed by atoms with Crippen LogP contribution in [0.3, 0.4) is 0 Å². The third kappa shape index (κ3) is 5.96. The second kappa shape index (κ2) is 8.61. The zero-order valence-electron chi connectivity index (χ0n) is 16.4. The average Bonchev–Trinajstić information content (AvgIpc) is 2.59. The van der Waals surface area contributed by atoms with Gasteiger partial charge in [0, 0.05) is 43.9 Å². The lowest BCUT2D eigenvalue weighted by atomic mass is 9.91. The average molecular weight is 348 g/mol. The predicted molar refractivity (Wildman–Crippen MR) is 102 cm³/mol. The Balaban J connectivity index is 1.82. The van der Waals surface area contributed by atoms with Crippen molar-refractivity contribution in [2.24, 2.45) is 11.3 Å². The molecule has 1 fully saturated rings. The smallest absolute Gasteiger partial charge is 0.223 e. The summed E-state index contributed by atoms with van der Waals surface area (Å²) in [5.74, 6) is 1.29. The van der Waals surface area contributed by atoms with Crippen LogP contribution >= 0.6 is 0 Å². The fraction of sp³-hybridized carbons (Fsp3) is 0.737. The summed E-state index contributed by atoms with van der Waals surface area (Å²) >= 11 is 0. The van der Waals surface area contributed by atoms with E-state index < -0.39 is 0 Å². The Bertz CT molecular complexity index is 565. The Hall–Kier alpha value is -1.69. The predicted octanol–water partition coefficient (Wildman–Crippen LogP) is 1.96. The van der Waals surface area contributed by atoms with E-state index in [1.165, 1.54) is 0 Å². The molecule has 0 saturated carbocycles. The van der Waals surface area contributed by atoms with Crippen molar-refractivity contribution in [1.29, 1.82) is 0 Å². The molecule has 1 saturated heterocycles. The van der Waals surface area contributed by atoms with Gasteiger partial charge in [0.05, 0.1) is 0 Å². The number of hydrogen-bond donors (Lipinski definition) is 1. The van der Waals surface area contributed by atoms with Crippen LogP contribution in [-0.2, 0) is 11.2 Å². The van der Waals surface area contributed by atoms with E-state index in [4.69, 9.17) is 0 Å². The Morgan fingerprint density at radius 1 is 1.32 bits per heavy atom. The maximum Gasteiger partial charge on any atom is 0.223 e.